The molecule has 3 aromatic carbocycles. The van der Waals surface area contributed by atoms with Gasteiger partial charge in [0.25, 0.3) is 0 Å². The number of amides is 2. The second kappa shape index (κ2) is 9.20. The van der Waals surface area contributed by atoms with Crippen molar-refractivity contribution in [3.63, 3.8) is 0 Å². The summed E-state index contributed by atoms with van der Waals surface area (Å²) < 4.78 is 5.25. The van der Waals surface area contributed by atoms with Crippen molar-refractivity contribution in [3.05, 3.63) is 96.6 Å². The first kappa shape index (κ1) is 18.2. The van der Waals surface area contributed by atoms with Gasteiger partial charge in [0.05, 0.1) is 0 Å². The number of ether oxygens (including phenoxy) is 1. The molecular formula is C22H20N2O3. The van der Waals surface area contributed by atoms with Gasteiger partial charge >= 0.3 is 6.09 Å². The standard InChI is InChI=1S/C22H20N2O3/c25-21(23-18-12-6-2-7-13-18)20(16-17-10-4-1-5-11-17)24-22(26)27-19-14-8-3-9-15-19/h1-15,20H,16H2,(H,23,25)(H,24,26)/t20-/m1/s1. The number of hydrogen-bond donors (Lipinski definition) is 2. The minimum Gasteiger partial charge on any atom is -0.410 e. The van der Waals surface area contributed by atoms with Gasteiger partial charge in [0.15, 0.2) is 0 Å². The molecule has 3 aromatic rings. The number of para-hydroxylation sites is 2. The molecule has 27 heavy (non-hydrogen) atoms. The van der Waals surface area contributed by atoms with Crippen molar-refractivity contribution in [2.75, 3.05) is 5.32 Å². The molecular weight excluding hydrogens is 340 g/mol. The highest BCUT2D eigenvalue weighted by molar-refractivity contribution is 5.96. The van der Waals surface area contributed by atoms with Crippen LogP contribution in [-0.4, -0.2) is 18.0 Å². The van der Waals surface area contributed by atoms with Gasteiger partial charge in [-0.3, -0.25) is 4.79 Å². The largest absolute Gasteiger partial charge is 0.413 e. The third kappa shape index (κ3) is 5.71. The SMILES string of the molecule is O=C(N[C@H](Cc1ccccc1)C(=O)Nc1ccccc1)Oc1ccccc1. The lowest BCUT2D eigenvalue weighted by molar-refractivity contribution is -0.118. The summed E-state index contributed by atoms with van der Waals surface area (Å²) in [7, 11) is 0. The first-order valence-corrected chi connectivity index (χ1v) is 8.64. The Balaban J connectivity index is 1.70. The van der Waals surface area contributed by atoms with E-state index in [2.05, 4.69) is 10.6 Å². The summed E-state index contributed by atoms with van der Waals surface area (Å²) in [6.07, 6.45) is -0.325. The zero-order valence-electron chi connectivity index (χ0n) is 14.7. The zero-order valence-corrected chi connectivity index (χ0v) is 14.7. The Hall–Kier alpha value is -3.60. The number of carbonyl (C=O) groups is 2. The van der Waals surface area contributed by atoms with Crippen LogP contribution in [0, 0.1) is 0 Å². The lowest BCUT2D eigenvalue weighted by Crippen LogP contribution is -2.46. The number of carbonyl (C=O) groups excluding carboxylic acids is 2. The van der Waals surface area contributed by atoms with Gasteiger partial charge in [-0.15, -0.1) is 0 Å². The fourth-order valence-electron chi connectivity index (χ4n) is 2.58. The third-order valence-electron chi connectivity index (χ3n) is 3.89. The van der Waals surface area contributed by atoms with Gasteiger partial charge in [-0.05, 0) is 29.8 Å². The van der Waals surface area contributed by atoms with Crippen molar-refractivity contribution in [2.24, 2.45) is 0 Å². The van der Waals surface area contributed by atoms with E-state index in [1.807, 2.05) is 54.6 Å². The monoisotopic (exact) mass is 360 g/mol. The molecule has 0 bridgehead atoms. The van der Waals surface area contributed by atoms with Gasteiger partial charge in [0.2, 0.25) is 5.91 Å². The Morgan fingerprint density at radius 3 is 1.96 bits per heavy atom. The molecule has 0 aliphatic rings. The maximum Gasteiger partial charge on any atom is 0.413 e. The average molecular weight is 360 g/mol. The molecule has 1 atom stereocenters. The zero-order chi connectivity index (χ0) is 18.9. The fraction of sp³-hybridized carbons (Fsp3) is 0.0909. The van der Waals surface area contributed by atoms with Crippen molar-refractivity contribution in [1.29, 1.82) is 0 Å². The molecule has 5 heteroatoms. The van der Waals surface area contributed by atoms with E-state index < -0.39 is 12.1 Å². The molecule has 0 aliphatic heterocycles. The molecule has 0 aliphatic carbocycles. The summed E-state index contributed by atoms with van der Waals surface area (Å²) in [5, 5.41) is 5.48. The highest BCUT2D eigenvalue weighted by Crippen LogP contribution is 2.11. The van der Waals surface area contributed by atoms with Gasteiger partial charge in [-0.25, -0.2) is 4.79 Å². The highest BCUT2D eigenvalue weighted by atomic mass is 16.6. The molecule has 0 fully saturated rings. The molecule has 0 radical (unpaired) electrons. The molecule has 0 spiro atoms. The van der Waals surface area contributed by atoms with Gasteiger partial charge in [0.1, 0.15) is 11.8 Å². The molecule has 136 valence electrons. The Kier molecular flexibility index (Phi) is 6.20. The van der Waals surface area contributed by atoms with E-state index in [1.165, 1.54) is 0 Å². The first-order valence-electron chi connectivity index (χ1n) is 8.64. The summed E-state index contributed by atoms with van der Waals surface area (Å²) in [4.78, 5) is 25.0. The van der Waals surface area contributed by atoms with Crippen molar-refractivity contribution in [1.82, 2.24) is 5.32 Å². The summed E-state index contributed by atoms with van der Waals surface area (Å²) >= 11 is 0. The number of rotatable bonds is 6. The molecule has 5 nitrogen and oxygen atoms in total. The Bertz CT molecular complexity index is 868. The van der Waals surface area contributed by atoms with E-state index in [0.717, 1.165) is 5.56 Å². The predicted octanol–water partition coefficient (Wildman–Crippen LogP) is 4.03. The van der Waals surface area contributed by atoms with Gasteiger partial charge in [-0.2, -0.15) is 0 Å². The average Bonchev–Trinajstić information content (AvgIpc) is 2.70. The molecule has 0 saturated heterocycles. The van der Waals surface area contributed by atoms with Crippen LogP contribution in [0.25, 0.3) is 0 Å². The van der Waals surface area contributed by atoms with E-state index in [0.29, 0.717) is 17.9 Å². The summed E-state index contributed by atoms with van der Waals surface area (Å²) in [5.74, 6) is 0.104. The van der Waals surface area contributed by atoms with Crippen LogP contribution in [0.15, 0.2) is 91.0 Å². The Morgan fingerprint density at radius 1 is 0.778 bits per heavy atom. The maximum absolute atomic E-state index is 12.7. The second-order valence-corrected chi connectivity index (χ2v) is 5.94. The molecule has 0 aromatic heterocycles. The summed E-state index contributed by atoms with van der Waals surface area (Å²) in [6.45, 7) is 0. The molecule has 2 N–H and O–H groups in total. The van der Waals surface area contributed by atoms with Crippen LogP contribution < -0.4 is 15.4 Å². The van der Waals surface area contributed by atoms with Crippen molar-refractivity contribution in [3.8, 4) is 5.75 Å². The molecule has 0 unspecified atom stereocenters. The molecule has 3 rings (SSSR count). The van der Waals surface area contributed by atoms with Crippen molar-refractivity contribution >= 4 is 17.7 Å². The van der Waals surface area contributed by atoms with E-state index >= 15 is 0 Å². The van der Waals surface area contributed by atoms with Crippen LogP contribution in [-0.2, 0) is 11.2 Å². The minimum absolute atomic E-state index is 0.310. The van der Waals surface area contributed by atoms with E-state index in [9.17, 15) is 9.59 Å². The van der Waals surface area contributed by atoms with Crippen LogP contribution in [0.1, 0.15) is 5.56 Å². The molecule has 2 amide bonds. The number of anilines is 1. The summed E-state index contributed by atoms with van der Waals surface area (Å²) in [6, 6.07) is 26.6. The quantitative estimate of drug-likeness (QED) is 0.697. The van der Waals surface area contributed by atoms with Crippen LogP contribution in [0.3, 0.4) is 0 Å². The summed E-state index contributed by atoms with van der Waals surface area (Å²) in [5.41, 5.74) is 1.60. The molecule has 0 saturated carbocycles. The third-order valence-corrected chi connectivity index (χ3v) is 3.89. The van der Waals surface area contributed by atoms with Crippen LogP contribution in [0.2, 0.25) is 0 Å². The van der Waals surface area contributed by atoms with Crippen molar-refractivity contribution in [2.45, 2.75) is 12.5 Å². The van der Waals surface area contributed by atoms with Crippen LogP contribution in [0.4, 0.5) is 10.5 Å². The van der Waals surface area contributed by atoms with Gasteiger partial charge in [-0.1, -0.05) is 66.7 Å². The minimum atomic E-state index is -0.774. The van der Waals surface area contributed by atoms with E-state index in [4.69, 9.17) is 4.74 Å². The normalized spacial score (nSPS) is 11.3. The number of nitrogens with one attached hydrogen (secondary N) is 2. The van der Waals surface area contributed by atoms with Crippen LogP contribution >= 0.6 is 0 Å². The number of benzene rings is 3. The Labute approximate surface area is 158 Å². The first-order chi connectivity index (χ1) is 13.2. The topological polar surface area (TPSA) is 67.4 Å². The molecule has 0 heterocycles. The maximum atomic E-state index is 12.7. The van der Waals surface area contributed by atoms with Gasteiger partial charge < -0.3 is 15.4 Å². The second-order valence-electron chi connectivity index (χ2n) is 5.94. The van der Waals surface area contributed by atoms with Crippen LogP contribution in [0.5, 0.6) is 5.75 Å². The fourth-order valence-corrected chi connectivity index (χ4v) is 2.58. The lowest BCUT2D eigenvalue weighted by atomic mass is 10.1. The Morgan fingerprint density at radius 2 is 1.33 bits per heavy atom. The lowest BCUT2D eigenvalue weighted by Gasteiger charge is -2.18. The van der Waals surface area contributed by atoms with E-state index in [1.54, 1.807) is 36.4 Å². The van der Waals surface area contributed by atoms with Crippen molar-refractivity contribution < 1.29 is 14.3 Å². The van der Waals surface area contributed by atoms with E-state index in [-0.39, 0.29) is 5.91 Å². The predicted molar refractivity (Wildman–Crippen MR) is 105 cm³/mol. The highest BCUT2D eigenvalue weighted by Gasteiger charge is 2.22. The number of hydrogen-bond acceptors (Lipinski definition) is 3. The smallest absolute Gasteiger partial charge is 0.410 e. The van der Waals surface area contributed by atoms with Gasteiger partial charge in [0, 0.05) is 12.1 Å².